The molecule has 3 aromatic rings. The minimum absolute atomic E-state index is 0.396. The first-order chi connectivity index (χ1) is 13.8. The topological polar surface area (TPSA) is 66.4 Å². The summed E-state index contributed by atoms with van der Waals surface area (Å²) in [5.74, 6) is 0.711. The zero-order chi connectivity index (χ0) is 20.6. The summed E-state index contributed by atoms with van der Waals surface area (Å²) in [6, 6.07) is 12.5. The van der Waals surface area contributed by atoms with Gasteiger partial charge in [-0.3, -0.25) is 0 Å². The fourth-order valence-electron chi connectivity index (χ4n) is 3.17. The number of halogens is 2. The normalized spacial score (nSPS) is 15.6. The van der Waals surface area contributed by atoms with Crippen molar-refractivity contribution >= 4 is 50.4 Å². The standard InChI is InChI=1S/C19H18Cl2N4O2S2/c1-13-2-7-19(28-13)29(26,27)25-10-8-24(9-11-25)18-6-5-17(22-23-18)15-4-3-14(20)12-16(15)21/h2-7,12H,8-11H2,1H3. The van der Waals surface area contributed by atoms with Crippen LogP contribution in [-0.2, 0) is 10.0 Å². The SMILES string of the molecule is Cc1ccc(S(=O)(=O)N2CCN(c3ccc(-c4ccc(Cl)cc4Cl)nn3)CC2)s1. The molecule has 29 heavy (non-hydrogen) atoms. The number of nitrogens with zero attached hydrogens (tertiary/aromatic N) is 4. The van der Waals surface area contributed by atoms with Crippen LogP contribution in [0.5, 0.6) is 0 Å². The van der Waals surface area contributed by atoms with Crippen molar-refractivity contribution in [3.63, 3.8) is 0 Å². The van der Waals surface area contributed by atoms with E-state index in [9.17, 15) is 8.42 Å². The second-order valence-corrected chi connectivity index (χ2v) is 11.0. The maximum atomic E-state index is 12.8. The minimum Gasteiger partial charge on any atom is -0.352 e. The number of hydrogen-bond donors (Lipinski definition) is 0. The molecule has 1 aliphatic heterocycles. The van der Waals surface area contributed by atoms with Crippen LogP contribution in [0.15, 0.2) is 46.7 Å². The van der Waals surface area contributed by atoms with Crippen LogP contribution in [0.1, 0.15) is 4.88 Å². The Morgan fingerprint density at radius 2 is 1.72 bits per heavy atom. The van der Waals surface area contributed by atoms with Gasteiger partial charge in [0.25, 0.3) is 10.0 Å². The highest BCUT2D eigenvalue weighted by Gasteiger charge is 2.30. The molecule has 0 N–H and O–H groups in total. The van der Waals surface area contributed by atoms with Gasteiger partial charge in [-0.15, -0.1) is 21.5 Å². The quantitative estimate of drug-likeness (QED) is 0.569. The number of piperazine rings is 1. The van der Waals surface area contributed by atoms with E-state index in [1.54, 1.807) is 18.2 Å². The molecule has 0 spiro atoms. The third-order valence-electron chi connectivity index (χ3n) is 4.73. The Hall–Kier alpha value is -1.71. The second kappa shape index (κ2) is 8.20. The van der Waals surface area contributed by atoms with Crippen molar-refractivity contribution in [3.8, 4) is 11.3 Å². The average molecular weight is 469 g/mol. The van der Waals surface area contributed by atoms with E-state index >= 15 is 0 Å². The highest BCUT2D eigenvalue weighted by molar-refractivity contribution is 7.91. The summed E-state index contributed by atoms with van der Waals surface area (Å²) in [7, 11) is -3.43. The number of aromatic nitrogens is 2. The first-order valence-corrected chi connectivity index (χ1v) is 12.0. The van der Waals surface area contributed by atoms with Gasteiger partial charge in [0.1, 0.15) is 4.21 Å². The molecule has 0 radical (unpaired) electrons. The molecule has 1 aromatic carbocycles. The molecule has 0 saturated carbocycles. The molecule has 4 rings (SSSR count). The molecule has 0 bridgehead atoms. The number of rotatable bonds is 4. The van der Waals surface area contributed by atoms with Crippen molar-refractivity contribution in [2.45, 2.75) is 11.1 Å². The van der Waals surface area contributed by atoms with Crippen LogP contribution < -0.4 is 4.90 Å². The Bertz CT molecular complexity index is 1130. The molecule has 3 heterocycles. The maximum absolute atomic E-state index is 12.8. The second-order valence-electron chi connectivity index (χ2n) is 6.66. The van der Waals surface area contributed by atoms with Gasteiger partial charge in [-0.2, -0.15) is 4.31 Å². The van der Waals surface area contributed by atoms with Crippen molar-refractivity contribution in [1.82, 2.24) is 14.5 Å². The number of benzene rings is 1. The van der Waals surface area contributed by atoms with E-state index in [4.69, 9.17) is 23.2 Å². The van der Waals surface area contributed by atoms with Gasteiger partial charge < -0.3 is 4.90 Å². The minimum atomic E-state index is -3.43. The smallest absolute Gasteiger partial charge is 0.252 e. The number of hydrogen-bond acceptors (Lipinski definition) is 6. The van der Waals surface area contributed by atoms with Crippen molar-refractivity contribution in [2.24, 2.45) is 0 Å². The van der Waals surface area contributed by atoms with Crippen molar-refractivity contribution in [3.05, 3.63) is 57.4 Å². The highest BCUT2D eigenvalue weighted by atomic mass is 35.5. The van der Waals surface area contributed by atoms with Crippen LogP contribution in [-0.4, -0.2) is 49.1 Å². The summed E-state index contributed by atoms with van der Waals surface area (Å²) >= 11 is 13.5. The van der Waals surface area contributed by atoms with E-state index in [-0.39, 0.29) is 0 Å². The van der Waals surface area contributed by atoms with Gasteiger partial charge in [-0.25, -0.2) is 8.42 Å². The summed E-state index contributed by atoms with van der Waals surface area (Å²) < 4.78 is 27.5. The van der Waals surface area contributed by atoms with Crippen LogP contribution in [0.25, 0.3) is 11.3 Å². The van der Waals surface area contributed by atoms with Crippen LogP contribution in [0.4, 0.5) is 5.82 Å². The van der Waals surface area contributed by atoms with Gasteiger partial charge in [0.15, 0.2) is 5.82 Å². The number of aryl methyl sites for hydroxylation is 1. The Morgan fingerprint density at radius 3 is 2.31 bits per heavy atom. The molecule has 2 aromatic heterocycles. The van der Waals surface area contributed by atoms with E-state index in [2.05, 4.69) is 10.2 Å². The van der Waals surface area contributed by atoms with Crippen LogP contribution in [0, 0.1) is 6.92 Å². The van der Waals surface area contributed by atoms with Crippen LogP contribution >= 0.6 is 34.5 Å². The lowest BCUT2D eigenvalue weighted by Crippen LogP contribution is -2.48. The summed E-state index contributed by atoms with van der Waals surface area (Å²) in [4.78, 5) is 3.02. The molecule has 0 aliphatic carbocycles. The maximum Gasteiger partial charge on any atom is 0.252 e. The molecule has 0 atom stereocenters. The molecule has 1 aliphatic rings. The van der Waals surface area contributed by atoms with Crippen molar-refractivity contribution in [2.75, 3.05) is 31.1 Å². The predicted molar refractivity (Wildman–Crippen MR) is 118 cm³/mol. The summed E-state index contributed by atoms with van der Waals surface area (Å²) in [6.07, 6.45) is 0. The van der Waals surface area contributed by atoms with Crippen LogP contribution in [0.3, 0.4) is 0 Å². The van der Waals surface area contributed by atoms with Crippen molar-refractivity contribution < 1.29 is 8.42 Å². The Kier molecular flexibility index (Phi) is 5.81. The fraction of sp³-hybridized carbons (Fsp3) is 0.263. The molecular formula is C19H18Cl2N4O2S2. The summed E-state index contributed by atoms with van der Waals surface area (Å²) in [5, 5.41) is 9.67. The lowest BCUT2D eigenvalue weighted by Gasteiger charge is -2.34. The van der Waals surface area contributed by atoms with E-state index in [0.29, 0.717) is 51.9 Å². The Balaban J connectivity index is 1.45. The van der Waals surface area contributed by atoms with Gasteiger partial charge in [0, 0.05) is 41.6 Å². The van der Waals surface area contributed by atoms with Crippen LogP contribution in [0.2, 0.25) is 10.0 Å². The number of thiophene rings is 1. The Morgan fingerprint density at radius 1 is 0.966 bits per heavy atom. The fourth-order valence-corrected chi connectivity index (χ4v) is 6.54. The van der Waals surface area contributed by atoms with E-state index in [1.807, 2.05) is 36.1 Å². The first kappa shape index (κ1) is 20.6. The van der Waals surface area contributed by atoms with E-state index in [0.717, 1.165) is 10.4 Å². The Labute approximate surface area is 183 Å². The molecule has 1 saturated heterocycles. The zero-order valence-corrected chi connectivity index (χ0v) is 18.7. The monoisotopic (exact) mass is 468 g/mol. The van der Waals surface area contributed by atoms with Gasteiger partial charge in [-0.1, -0.05) is 23.2 Å². The third-order valence-corrected chi connectivity index (χ3v) is 8.64. The third kappa shape index (κ3) is 4.27. The number of sulfonamides is 1. The average Bonchev–Trinajstić information content (AvgIpc) is 3.16. The highest BCUT2D eigenvalue weighted by Crippen LogP contribution is 2.30. The summed E-state index contributed by atoms with van der Waals surface area (Å²) in [6.45, 7) is 3.83. The molecule has 1 fully saturated rings. The molecule has 6 nitrogen and oxygen atoms in total. The first-order valence-electron chi connectivity index (χ1n) is 8.95. The molecule has 152 valence electrons. The van der Waals surface area contributed by atoms with E-state index < -0.39 is 10.0 Å². The van der Waals surface area contributed by atoms with Gasteiger partial charge >= 0.3 is 0 Å². The van der Waals surface area contributed by atoms with Gasteiger partial charge in [-0.05, 0) is 49.4 Å². The van der Waals surface area contributed by atoms with E-state index in [1.165, 1.54) is 15.6 Å². The zero-order valence-electron chi connectivity index (χ0n) is 15.5. The van der Waals surface area contributed by atoms with Gasteiger partial charge in [0.05, 0.1) is 10.7 Å². The molecule has 10 heteroatoms. The largest absolute Gasteiger partial charge is 0.352 e. The van der Waals surface area contributed by atoms with Gasteiger partial charge in [0.2, 0.25) is 0 Å². The molecule has 0 amide bonds. The molecular weight excluding hydrogens is 451 g/mol. The van der Waals surface area contributed by atoms with Crippen molar-refractivity contribution in [1.29, 1.82) is 0 Å². The molecule has 0 unspecified atom stereocenters. The predicted octanol–water partition coefficient (Wildman–Crippen LogP) is 4.33. The lowest BCUT2D eigenvalue weighted by atomic mass is 10.1. The lowest BCUT2D eigenvalue weighted by molar-refractivity contribution is 0.384. The summed E-state index contributed by atoms with van der Waals surface area (Å²) in [5.41, 5.74) is 1.42. The number of anilines is 1.